The summed E-state index contributed by atoms with van der Waals surface area (Å²) < 4.78 is 0. The van der Waals surface area contributed by atoms with Crippen LogP contribution >= 0.6 is 0 Å². The quantitative estimate of drug-likeness (QED) is 0.820. The van der Waals surface area contributed by atoms with E-state index < -0.39 is 5.60 Å². The van der Waals surface area contributed by atoms with Gasteiger partial charge in [-0.25, -0.2) is 0 Å². The first-order chi connectivity index (χ1) is 8.16. The monoisotopic (exact) mass is 234 g/mol. The van der Waals surface area contributed by atoms with E-state index in [0.29, 0.717) is 0 Å². The number of hydrogen-bond acceptors (Lipinski definition) is 3. The molecular weight excluding hydrogens is 212 g/mol. The van der Waals surface area contributed by atoms with Crippen LogP contribution in [0.25, 0.3) is 0 Å². The first kappa shape index (κ1) is 12.6. The van der Waals surface area contributed by atoms with Gasteiger partial charge in [-0.15, -0.1) is 0 Å². The summed E-state index contributed by atoms with van der Waals surface area (Å²) >= 11 is 0. The molecule has 0 aliphatic carbocycles. The zero-order valence-electron chi connectivity index (χ0n) is 10.7. The maximum Gasteiger partial charge on any atom is 0.0961 e. The van der Waals surface area contributed by atoms with Crippen LogP contribution in [-0.4, -0.2) is 43.7 Å². The van der Waals surface area contributed by atoms with Crippen LogP contribution in [0.1, 0.15) is 12.0 Å². The van der Waals surface area contributed by atoms with Crippen LogP contribution in [0, 0.1) is 5.92 Å². The number of benzene rings is 1. The fourth-order valence-corrected chi connectivity index (χ4v) is 2.77. The molecule has 1 saturated heterocycles. The van der Waals surface area contributed by atoms with Crippen LogP contribution in [0.4, 0.5) is 0 Å². The third-order valence-electron chi connectivity index (χ3n) is 3.81. The van der Waals surface area contributed by atoms with Crippen molar-refractivity contribution < 1.29 is 5.11 Å². The first-order valence-corrected chi connectivity index (χ1v) is 6.28. The van der Waals surface area contributed by atoms with Crippen molar-refractivity contribution in [2.75, 3.05) is 33.7 Å². The van der Waals surface area contributed by atoms with Gasteiger partial charge in [0.2, 0.25) is 0 Å². The summed E-state index contributed by atoms with van der Waals surface area (Å²) in [5.41, 5.74) is 0.366. The van der Waals surface area contributed by atoms with Gasteiger partial charge in [-0.1, -0.05) is 30.3 Å². The van der Waals surface area contributed by atoms with Gasteiger partial charge in [-0.05, 0) is 26.1 Å². The smallest absolute Gasteiger partial charge is 0.0961 e. The second kappa shape index (κ2) is 5.17. The Hall–Kier alpha value is -0.900. The molecule has 0 spiro atoms. The fraction of sp³-hybridized carbons (Fsp3) is 0.571. The van der Waals surface area contributed by atoms with Crippen LogP contribution < -0.4 is 5.32 Å². The van der Waals surface area contributed by atoms with E-state index in [4.69, 9.17) is 0 Å². The molecule has 0 bridgehead atoms. The van der Waals surface area contributed by atoms with Gasteiger partial charge in [0.25, 0.3) is 0 Å². The Balaban J connectivity index is 2.26. The Morgan fingerprint density at radius 3 is 2.76 bits per heavy atom. The summed E-state index contributed by atoms with van der Waals surface area (Å²) in [5, 5.41) is 14.2. The fourth-order valence-electron chi connectivity index (χ4n) is 2.77. The molecule has 0 aromatic heterocycles. The third-order valence-corrected chi connectivity index (χ3v) is 3.81. The van der Waals surface area contributed by atoms with Gasteiger partial charge in [0, 0.05) is 25.6 Å². The number of aliphatic hydroxyl groups is 1. The SMILES string of the molecule is CNCC1CN(C)CCC1(O)c1ccccc1. The van der Waals surface area contributed by atoms with E-state index >= 15 is 0 Å². The lowest BCUT2D eigenvalue weighted by Gasteiger charge is -2.44. The standard InChI is InChI=1S/C14H22N2O/c1-15-10-13-11-16(2)9-8-14(13,17)12-6-4-3-5-7-12/h3-7,13,15,17H,8-11H2,1-2H3. The van der Waals surface area contributed by atoms with Crippen molar-refractivity contribution in [3.05, 3.63) is 35.9 Å². The lowest BCUT2D eigenvalue weighted by Crippen LogP contribution is -2.51. The van der Waals surface area contributed by atoms with E-state index in [0.717, 1.165) is 31.6 Å². The van der Waals surface area contributed by atoms with Gasteiger partial charge in [0.15, 0.2) is 0 Å². The molecule has 2 atom stereocenters. The van der Waals surface area contributed by atoms with Crippen molar-refractivity contribution in [3.63, 3.8) is 0 Å². The summed E-state index contributed by atoms with van der Waals surface area (Å²) in [7, 11) is 4.06. The van der Waals surface area contributed by atoms with Gasteiger partial charge >= 0.3 is 0 Å². The van der Waals surface area contributed by atoms with Gasteiger partial charge in [0.1, 0.15) is 0 Å². The molecule has 1 aliphatic rings. The van der Waals surface area contributed by atoms with Crippen molar-refractivity contribution in [3.8, 4) is 0 Å². The van der Waals surface area contributed by atoms with E-state index in [9.17, 15) is 5.11 Å². The molecule has 1 aliphatic heterocycles. The van der Waals surface area contributed by atoms with Gasteiger partial charge in [0.05, 0.1) is 5.60 Å². The Labute approximate surface area is 103 Å². The molecule has 2 unspecified atom stereocenters. The normalized spacial score (nSPS) is 30.4. The minimum Gasteiger partial charge on any atom is -0.385 e. The minimum atomic E-state index is -0.684. The Morgan fingerprint density at radius 2 is 2.12 bits per heavy atom. The third kappa shape index (κ3) is 2.51. The molecule has 0 saturated carbocycles. The van der Waals surface area contributed by atoms with Crippen molar-refractivity contribution in [2.45, 2.75) is 12.0 Å². The Bertz CT molecular complexity index is 354. The zero-order chi connectivity index (χ0) is 12.3. The zero-order valence-corrected chi connectivity index (χ0v) is 10.7. The molecule has 0 radical (unpaired) electrons. The first-order valence-electron chi connectivity index (χ1n) is 6.28. The summed E-state index contributed by atoms with van der Waals surface area (Å²) in [6.45, 7) is 2.73. The van der Waals surface area contributed by atoms with Crippen molar-refractivity contribution in [1.82, 2.24) is 10.2 Å². The molecule has 2 N–H and O–H groups in total. The molecule has 94 valence electrons. The largest absolute Gasteiger partial charge is 0.385 e. The highest BCUT2D eigenvalue weighted by Crippen LogP contribution is 2.36. The topological polar surface area (TPSA) is 35.5 Å². The Morgan fingerprint density at radius 1 is 1.41 bits per heavy atom. The van der Waals surface area contributed by atoms with E-state index in [-0.39, 0.29) is 5.92 Å². The van der Waals surface area contributed by atoms with Gasteiger partial charge in [-0.3, -0.25) is 0 Å². The average molecular weight is 234 g/mol. The van der Waals surface area contributed by atoms with Crippen LogP contribution in [-0.2, 0) is 5.60 Å². The van der Waals surface area contributed by atoms with Gasteiger partial charge in [-0.2, -0.15) is 0 Å². The molecule has 3 nitrogen and oxygen atoms in total. The van der Waals surface area contributed by atoms with Crippen LogP contribution in [0.2, 0.25) is 0 Å². The number of likely N-dealkylation sites (tertiary alicyclic amines) is 1. The van der Waals surface area contributed by atoms with Gasteiger partial charge < -0.3 is 15.3 Å². The highest BCUT2D eigenvalue weighted by atomic mass is 16.3. The molecular formula is C14H22N2O. The summed E-state index contributed by atoms with van der Waals surface area (Å²) in [6.07, 6.45) is 0.805. The number of rotatable bonds is 3. The summed E-state index contributed by atoms with van der Waals surface area (Å²) in [6, 6.07) is 10.1. The van der Waals surface area contributed by atoms with E-state index in [1.165, 1.54) is 0 Å². The highest BCUT2D eigenvalue weighted by molar-refractivity contribution is 5.24. The molecule has 17 heavy (non-hydrogen) atoms. The van der Waals surface area contributed by atoms with Crippen molar-refractivity contribution in [1.29, 1.82) is 0 Å². The van der Waals surface area contributed by atoms with E-state index in [1.807, 2.05) is 37.4 Å². The van der Waals surface area contributed by atoms with E-state index in [2.05, 4.69) is 17.3 Å². The van der Waals surface area contributed by atoms with Crippen molar-refractivity contribution >= 4 is 0 Å². The number of hydrogen-bond donors (Lipinski definition) is 2. The van der Waals surface area contributed by atoms with Crippen molar-refractivity contribution in [2.24, 2.45) is 5.92 Å². The highest BCUT2D eigenvalue weighted by Gasteiger charge is 2.41. The molecule has 1 fully saturated rings. The second-order valence-corrected chi connectivity index (χ2v) is 5.06. The number of nitrogens with one attached hydrogen (secondary N) is 1. The minimum absolute atomic E-state index is 0.244. The molecule has 1 heterocycles. The van der Waals surface area contributed by atoms with Crippen LogP contribution in [0.3, 0.4) is 0 Å². The second-order valence-electron chi connectivity index (χ2n) is 5.06. The van der Waals surface area contributed by atoms with Crippen LogP contribution in [0.5, 0.6) is 0 Å². The lowest BCUT2D eigenvalue weighted by atomic mass is 9.76. The molecule has 2 rings (SSSR count). The molecule has 1 aromatic rings. The molecule has 0 amide bonds. The summed E-state index contributed by atoms with van der Waals surface area (Å²) in [4.78, 5) is 2.29. The predicted molar refractivity (Wildman–Crippen MR) is 69.9 cm³/mol. The summed E-state index contributed by atoms with van der Waals surface area (Å²) in [5.74, 6) is 0.244. The molecule has 1 aromatic carbocycles. The predicted octanol–water partition coefficient (Wildman–Crippen LogP) is 1.05. The number of piperidine rings is 1. The maximum absolute atomic E-state index is 11.0. The van der Waals surface area contributed by atoms with E-state index in [1.54, 1.807) is 0 Å². The van der Waals surface area contributed by atoms with Crippen LogP contribution in [0.15, 0.2) is 30.3 Å². The maximum atomic E-state index is 11.0. The number of nitrogens with zero attached hydrogens (tertiary/aromatic N) is 1. The lowest BCUT2D eigenvalue weighted by molar-refractivity contribution is -0.0716. The average Bonchev–Trinajstić information content (AvgIpc) is 2.35. The Kier molecular flexibility index (Phi) is 3.82. The molecule has 3 heteroatoms.